The Hall–Kier alpha value is -0.560. The smallest absolute Gasteiger partial charge is 0.187 e. The highest BCUT2D eigenvalue weighted by molar-refractivity contribution is 5.01. The molecule has 1 aliphatic carbocycles. The molecule has 0 aromatic carbocycles. The van der Waals surface area contributed by atoms with Crippen molar-refractivity contribution in [2.75, 3.05) is 6.61 Å². The summed E-state index contributed by atoms with van der Waals surface area (Å²) in [4.78, 5) is 0. The molecule has 2 saturated heterocycles. The van der Waals surface area contributed by atoms with Crippen LogP contribution >= 0.6 is 0 Å². The third-order valence-electron chi connectivity index (χ3n) is 6.62. The van der Waals surface area contributed by atoms with Gasteiger partial charge >= 0.3 is 0 Å². The molecule has 194 valence electrons. The average Bonchev–Trinajstić information content (AvgIpc) is 3.06. The Morgan fingerprint density at radius 2 is 1.45 bits per heavy atom. The van der Waals surface area contributed by atoms with Gasteiger partial charge in [-0.15, -0.1) is 0 Å². The molecule has 0 amide bonds. The zero-order valence-corrected chi connectivity index (χ0v) is 18.3. The van der Waals surface area contributed by atoms with Gasteiger partial charge in [-0.2, -0.15) is 0 Å². The van der Waals surface area contributed by atoms with Crippen LogP contribution in [0.2, 0.25) is 0 Å². The summed E-state index contributed by atoms with van der Waals surface area (Å²) in [6.45, 7) is 1.01. The van der Waals surface area contributed by atoms with Crippen molar-refractivity contribution in [1.29, 1.82) is 0 Å². The maximum absolute atomic E-state index is 10.7. The summed E-state index contributed by atoms with van der Waals surface area (Å²) in [5, 5.41) is 70.7. The van der Waals surface area contributed by atoms with Crippen LogP contribution < -0.4 is 17.2 Å². The van der Waals surface area contributed by atoms with Gasteiger partial charge in [0.15, 0.2) is 12.6 Å². The van der Waals surface area contributed by atoms with E-state index in [0.717, 1.165) is 0 Å². The van der Waals surface area contributed by atoms with Gasteiger partial charge in [0, 0.05) is 12.1 Å². The normalized spacial score (nSPS) is 52.1. The van der Waals surface area contributed by atoms with Gasteiger partial charge in [-0.25, -0.2) is 0 Å². The van der Waals surface area contributed by atoms with Crippen molar-refractivity contribution in [1.82, 2.24) is 0 Å². The predicted molar refractivity (Wildman–Crippen MR) is 109 cm³/mol. The van der Waals surface area contributed by atoms with Crippen molar-refractivity contribution < 1.29 is 54.7 Å². The van der Waals surface area contributed by atoms with Crippen molar-refractivity contribution in [3.05, 3.63) is 0 Å². The number of hydrogen-bond donors (Lipinski definition) is 10. The van der Waals surface area contributed by atoms with Crippen LogP contribution in [0, 0.1) is 0 Å². The van der Waals surface area contributed by atoms with Crippen LogP contribution in [0.1, 0.15) is 19.8 Å². The van der Waals surface area contributed by atoms with E-state index in [2.05, 4.69) is 0 Å². The molecule has 3 fully saturated rings. The lowest BCUT2D eigenvalue weighted by atomic mass is 9.84. The van der Waals surface area contributed by atoms with E-state index in [1.807, 2.05) is 0 Å². The molecule has 15 atom stereocenters. The highest BCUT2D eigenvalue weighted by Gasteiger charge is 2.52. The van der Waals surface area contributed by atoms with E-state index in [1.54, 1.807) is 6.92 Å². The summed E-state index contributed by atoms with van der Waals surface area (Å²) in [5.41, 5.74) is 18.1. The standard InChI is InChI=1S/C19H37N3O11/c1-2-8-11(26)14(29)19(30-8)33-17-10(25)5(20)3-6(21)15(17)31-18-9(22)12(27)13(28)16(32-18)7(24)4-23/h5-19,23-29H,2-4,20-22H2,1H3/t5?,6?,7-,8?,9?,10?,11?,12?,13?,14?,15?,16?,17?,18?,19?/m1/s1. The van der Waals surface area contributed by atoms with E-state index in [0.29, 0.717) is 6.42 Å². The van der Waals surface area contributed by atoms with E-state index in [1.165, 1.54) is 0 Å². The number of rotatable bonds is 7. The molecule has 13 N–H and O–H groups in total. The van der Waals surface area contributed by atoms with E-state index in [9.17, 15) is 35.7 Å². The van der Waals surface area contributed by atoms with Gasteiger partial charge < -0.3 is 71.9 Å². The van der Waals surface area contributed by atoms with Gasteiger partial charge in [0.1, 0.15) is 48.8 Å². The maximum atomic E-state index is 10.7. The third kappa shape index (κ3) is 5.34. The minimum absolute atomic E-state index is 0.121. The Morgan fingerprint density at radius 1 is 0.818 bits per heavy atom. The summed E-state index contributed by atoms with van der Waals surface area (Å²) in [5.74, 6) is 0. The van der Waals surface area contributed by atoms with E-state index >= 15 is 0 Å². The van der Waals surface area contributed by atoms with Gasteiger partial charge in [0.2, 0.25) is 0 Å². The molecule has 33 heavy (non-hydrogen) atoms. The molecular formula is C19H37N3O11. The maximum Gasteiger partial charge on any atom is 0.187 e. The van der Waals surface area contributed by atoms with Crippen molar-refractivity contribution >= 4 is 0 Å². The summed E-state index contributed by atoms with van der Waals surface area (Å²) in [6, 6.07) is -2.88. The van der Waals surface area contributed by atoms with Crippen molar-refractivity contribution in [3.8, 4) is 0 Å². The molecule has 0 spiro atoms. The minimum atomic E-state index is -1.59. The fourth-order valence-electron chi connectivity index (χ4n) is 4.53. The Labute approximate surface area is 190 Å². The second-order valence-corrected chi connectivity index (χ2v) is 8.97. The number of nitrogens with two attached hydrogens (primary N) is 3. The molecule has 0 aromatic rings. The zero-order chi connectivity index (χ0) is 24.6. The minimum Gasteiger partial charge on any atom is -0.394 e. The fourth-order valence-corrected chi connectivity index (χ4v) is 4.53. The lowest BCUT2D eigenvalue weighted by Crippen LogP contribution is -2.68. The fraction of sp³-hybridized carbons (Fsp3) is 1.00. The van der Waals surface area contributed by atoms with Gasteiger partial charge in [0.05, 0.1) is 24.9 Å². The quantitative estimate of drug-likeness (QED) is 0.162. The van der Waals surface area contributed by atoms with Crippen molar-refractivity contribution in [2.45, 2.75) is 112 Å². The molecule has 2 aliphatic heterocycles. The molecule has 14 heteroatoms. The first-order valence-corrected chi connectivity index (χ1v) is 11.1. The van der Waals surface area contributed by atoms with E-state index < -0.39 is 98.4 Å². The molecule has 1 saturated carbocycles. The first-order valence-electron chi connectivity index (χ1n) is 11.1. The molecule has 0 bridgehead atoms. The summed E-state index contributed by atoms with van der Waals surface area (Å²) < 4.78 is 22.7. The predicted octanol–water partition coefficient (Wildman–Crippen LogP) is -5.84. The van der Waals surface area contributed by atoms with Gasteiger partial charge in [-0.3, -0.25) is 0 Å². The first-order chi connectivity index (χ1) is 15.5. The summed E-state index contributed by atoms with van der Waals surface area (Å²) in [7, 11) is 0. The zero-order valence-electron chi connectivity index (χ0n) is 18.3. The second kappa shape index (κ2) is 11.0. The monoisotopic (exact) mass is 483 g/mol. The number of aliphatic hydroxyl groups excluding tert-OH is 7. The third-order valence-corrected chi connectivity index (χ3v) is 6.62. The molecule has 3 rings (SSSR count). The summed E-state index contributed by atoms with van der Waals surface area (Å²) in [6.07, 6.45) is -15.3. The Morgan fingerprint density at radius 3 is 2.03 bits per heavy atom. The highest BCUT2D eigenvalue weighted by Crippen LogP contribution is 2.32. The van der Waals surface area contributed by atoms with Crippen LogP contribution in [-0.2, 0) is 18.9 Å². The number of aliphatic hydroxyl groups is 7. The van der Waals surface area contributed by atoms with Gasteiger partial charge in [0.25, 0.3) is 0 Å². The first kappa shape index (κ1) is 27.0. The van der Waals surface area contributed by atoms with Crippen molar-refractivity contribution in [3.63, 3.8) is 0 Å². The Bertz CT molecular complexity index is 636. The van der Waals surface area contributed by atoms with Crippen LogP contribution in [0.15, 0.2) is 0 Å². The Kier molecular flexibility index (Phi) is 9.02. The van der Waals surface area contributed by atoms with Crippen LogP contribution in [0.3, 0.4) is 0 Å². The highest BCUT2D eigenvalue weighted by atomic mass is 16.7. The number of ether oxygens (including phenoxy) is 4. The van der Waals surface area contributed by atoms with Crippen LogP contribution in [0.4, 0.5) is 0 Å². The molecule has 14 unspecified atom stereocenters. The molecule has 3 aliphatic rings. The van der Waals surface area contributed by atoms with E-state index in [-0.39, 0.29) is 6.42 Å². The molecular weight excluding hydrogens is 446 g/mol. The number of hydrogen-bond acceptors (Lipinski definition) is 14. The Balaban J connectivity index is 1.79. The average molecular weight is 484 g/mol. The SMILES string of the molecule is CCC1OC(OC2C(O)C(N)CC(N)C2OC2OC([C@H](O)CO)C(O)C(O)C2N)C(O)C1O. The molecule has 14 nitrogen and oxygen atoms in total. The van der Waals surface area contributed by atoms with Gasteiger partial charge in [-0.05, 0) is 12.8 Å². The van der Waals surface area contributed by atoms with Crippen molar-refractivity contribution in [2.24, 2.45) is 17.2 Å². The van der Waals surface area contributed by atoms with Gasteiger partial charge in [-0.1, -0.05) is 6.92 Å². The molecule has 0 aromatic heterocycles. The lowest BCUT2D eigenvalue weighted by molar-refractivity contribution is -0.317. The van der Waals surface area contributed by atoms with Crippen LogP contribution in [0.5, 0.6) is 0 Å². The molecule has 2 heterocycles. The molecule has 0 radical (unpaired) electrons. The van der Waals surface area contributed by atoms with E-state index in [4.69, 9.17) is 36.1 Å². The second-order valence-electron chi connectivity index (χ2n) is 8.97. The van der Waals surface area contributed by atoms with Crippen LogP contribution in [0.25, 0.3) is 0 Å². The largest absolute Gasteiger partial charge is 0.394 e. The summed E-state index contributed by atoms with van der Waals surface area (Å²) >= 11 is 0. The topological polar surface area (TPSA) is 257 Å². The van der Waals surface area contributed by atoms with Crippen LogP contribution in [-0.4, -0.2) is 134 Å². The lowest BCUT2D eigenvalue weighted by Gasteiger charge is -2.47.